The molecule has 0 aromatic heterocycles. The van der Waals surface area contributed by atoms with Crippen molar-refractivity contribution in [1.82, 2.24) is 0 Å². The summed E-state index contributed by atoms with van der Waals surface area (Å²) in [5.74, 6) is 0. The molecule has 1 saturated heterocycles. The van der Waals surface area contributed by atoms with Crippen molar-refractivity contribution < 1.29 is 4.74 Å². The largest absolute Gasteiger partial charge is 0.378 e. The van der Waals surface area contributed by atoms with Crippen LogP contribution in [0, 0.1) is 0 Å². The van der Waals surface area contributed by atoms with Crippen LogP contribution in [0.15, 0.2) is 18.2 Å². The summed E-state index contributed by atoms with van der Waals surface area (Å²) >= 11 is 12.2. The SMILES string of the molecule is CC1(C)CC(Nc2cc(Cl)ccc2Cl)C(C)(C)O1. The predicted octanol–water partition coefficient (Wildman–Crippen LogP) is 4.75. The fourth-order valence-corrected chi connectivity index (χ4v) is 2.93. The molecule has 0 saturated carbocycles. The number of halogens is 2. The number of rotatable bonds is 2. The van der Waals surface area contributed by atoms with Gasteiger partial charge in [0.1, 0.15) is 0 Å². The molecule has 1 aromatic carbocycles. The number of hydrogen-bond donors (Lipinski definition) is 1. The van der Waals surface area contributed by atoms with Crippen LogP contribution in [0.4, 0.5) is 5.69 Å². The zero-order chi connectivity index (χ0) is 13.6. The van der Waals surface area contributed by atoms with Gasteiger partial charge in [-0.05, 0) is 52.3 Å². The van der Waals surface area contributed by atoms with Crippen molar-refractivity contribution in [3.63, 3.8) is 0 Å². The molecule has 1 atom stereocenters. The summed E-state index contributed by atoms with van der Waals surface area (Å²) < 4.78 is 6.05. The molecule has 1 fully saturated rings. The fourth-order valence-electron chi connectivity index (χ4n) is 2.58. The second-order valence-corrected chi connectivity index (χ2v) is 6.83. The Labute approximate surface area is 119 Å². The zero-order valence-electron chi connectivity index (χ0n) is 11.2. The first-order chi connectivity index (χ1) is 8.20. The number of anilines is 1. The van der Waals surface area contributed by atoms with Gasteiger partial charge in [0.2, 0.25) is 0 Å². The molecule has 1 aliphatic rings. The van der Waals surface area contributed by atoms with Crippen LogP contribution in [-0.2, 0) is 4.74 Å². The zero-order valence-corrected chi connectivity index (χ0v) is 12.7. The highest BCUT2D eigenvalue weighted by molar-refractivity contribution is 6.35. The summed E-state index contributed by atoms with van der Waals surface area (Å²) in [5.41, 5.74) is 0.519. The molecule has 0 bridgehead atoms. The first-order valence-electron chi connectivity index (χ1n) is 6.11. The highest BCUT2D eigenvalue weighted by Crippen LogP contribution is 2.40. The Bertz CT molecular complexity index is 457. The van der Waals surface area contributed by atoms with E-state index >= 15 is 0 Å². The standard InChI is InChI=1S/C14H19Cl2NO/c1-13(2)8-12(14(3,4)18-13)17-11-7-9(15)5-6-10(11)16/h5-7,12,17H,8H2,1-4H3. The lowest BCUT2D eigenvalue weighted by atomic mass is 9.94. The van der Waals surface area contributed by atoms with E-state index in [9.17, 15) is 0 Å². The van der Waals surface area contributed by atoms with Crippen LogP contribution in [0.2, 0.25) is 10.0 Å². The van der Waals surface area contributed by atoms with E-state index < -0.39 is 0 Å². The Morgan fingerprint density at radius 1 is 1.22 bits per heavy atom. The summed E-state index contributed by atoms with van der Waals surface area (Å²) in [4.78, 5) is 0. The van der Waals surface area contributed by atoms with Gasteiger partial charge in [0.05, 0.1) is 28.0 Å². The van der Waals surface area contributed by atoms with Crippen molar-refractivity contribution in [3.05, 3.63) is 28.2 Å². The van der Waals surface area contributed by atoms with Gasteiger partial charge in [-0.2, -0.15) is 0 Å². The highest BCUT2D eigenvalue weighted by Gasteiger charge is 2.45. The summed E-state index contributed by atoms with van der Waals surface area (Å²) in [6, 6.07) is 5.66. The maximum atomic E-state index is 6.18. The van der Waals surface area contributed by atoms with Crippen LogP contribution in [-0.4, -0.2) is 17.2 Å². The van der Waals surface area contributed by atoms with E-state index in [1.54, 1.807) is 12.1 Å². The van der Waals surface area contributed by atoms with Gasteiger partial charge in [-0.15, -0.1) is 0 Å². The Morgan fingerprint density at radius 2 is 1.89 bits per heavy atom. The van der Waals surface area contributed by atoms with Crippen molar-refractivity contribution in [2.24, 2.45) is 0 Å². The molecule has 0 radical (unpaired) electrons. The van der Waals surface area contributed by atoms with E-state index in [0.29, 0.717) is 10.0 Å². The second-order valence-electron chi connectivity index (χ2n) is 5.99. The molecule has 2 rings (SSSR count). The average Bonchev–Trinajstić information content (AvgIpc) is 2.40. The third-order valence-electron chi connectivity index (χ3n) is 3.33. The Morgan fingerprint density at radius 3 is 2.44 bits per heavy atom. The number of nitrogens with one attached hydrogen (secondary N) is 1. The Kier molecular flexibility index (Phi) is 3.56. The van der Waals surface area contributed by atoms with E-state index in [1.165, 1.54) is 0 Å². The van der Waals surface area contributed by atoms with E-state index in [2.05, 4.69) is 33.0 Å². The minimum Gasteiger partial charge on any atom is -0.378 e. The molecule has 100 valence electrons. The van der Waals surface area contributed by atoms with Crippen molar-refractivity contribution >= 4 is 28.9 Å². The predicted molar refractivity (Wildman–Crippen MR) is 77.7 cm³/mol. The molecule has 1 unspecified atom stereocenters. The Balaban J connectivity index is 2.21. The molecule has 0 amide bonds. The topological polar surface area (TPSA) is 21.3 Å². The molecule has 1 heterocycles. The van der Waals surface area contributed by atoms with Crippen LogP contribution in [0.1, 0.15) is 34.1 Å². The third kappa shape index (κ3) is 2.93. The summed E-state index contributed by atoms with van der Waals surface area (Å²) in [5, 5.41) is 4.81. The highest BCUT2D eigenvalue weighted by atomic mass is 35.5. The monoisotopic (exact) mass is 287 g/mol. The van der Waals surface area contributed by atoms with Crippen molar-refractivity contribution in [3.8, 4) is 0 Å². The first kappa shape index (κ1) is 14.0. The minimum atomic E-state index is -0.227. The van der Waals surface area contributed by atoms with Crippen LogP contribution >= 0.6 is 23.2 Å². The molecule has 0 aliphatic carbocycles. The number of ether oxygens (including phenoxy) is 1. The maximum absolute atomic E-state index is 6.18. The van der Waals surface area contributed by atoms with Crippen LogP contribution in [0.25, 0.3) is 0 Å². The lowest BCUT2D eigenvalue weighted by molar-refractivity contribution is -0.0662. The van der Waals surface area contributed by atoms with Gasteiger partial charge in [0, 0.05) is 5.02 Å². The van der Waals surface area contributed by atoms with E-state index in [1.807, 2.05) is 6.07 Å². The Hall–Kier alpha value is -0.440. The molecule has 1 aromatic rings. The van der Waals surface area contributed by atoms with Crippen molar-refractivity contribution in [1.29, 1.82) is 0 Å². The summed E-state index contributed by atoms with van der Waals surface area (Å²) in [6.45, 7) is 8.40. The van der Waals surface area contributed by atoms with Crippen LogP contribution in [0.5, 0.6) is 0 Å². The average molecular weight is 288 g/mol. The summed E-state index contributed by atoms with van der Waals surface area (Å²) in [6.07, 6.45) is 0.933. The molecule has 18 heavy (non-hydrogen) atoms. The van der Waals surface area contributed by atoms with Gasteiger partial charge >= 0.3 is 0 Å². The quantitative estimate of drug-likeness (QED) is 0.847. The van der Waals surface area contributed by atoms with Gasteiger partial charge in [-0.1, -0.05) is 23.2 Å². The second kappa shape index (κ2) is 4.59. The molecule has 0 spiro atoms. The third-order valence-corrected chi connectivity index (χ3v) is 3.90. The first-order valence-corrected chi connectivity index (χ1v) is 6.87. The van der Waals surface area contributed by atoms with Gasteiger partial charge in [-0.3, -0.25) is 0 Å². The molecule has 2 nitrogen and oxygen atoms in total. The minimum absolute atomic E-state index is 0.119. The molecule has 1 N–H and O–H groups in total. The number of hydrogen-bond acceptors (Lipinski definition) is 2. The van der Waals surface area contributed by atoms with Gasteiger partial charge in [0.25, 0.3) is 0 Å². The fraction of sp³-hybridized carbons (Fsp3) is 0.571. The number of benzene rings is 1. The molecular weight excluding hydrogens is 269 g/mol. The van der Waals surface area contributed by atoms with Gasteiger partial charge in [0.15, 0.2) is 0 Å². The normalized spacial score (nSPS) is 25.1. The van der Waals surface area contributed by atoms with Gasteiger partial charge in [-0.25, -0.2) is 0 Å². The van der Waals surface area contributed by atoms with Crippen LogP contribution in [0.3, 0.4) is 0 Å². The van der Waals surface area contributed by atoms with Crippen LogP contribution < -0.4 is 5.32 Å². The molecule has 1 aliphatic heterocycles. The van der Waals surface area contributed by atoms with Gasteiger partial charge < -0.3 is 10.1 Å². The smallest absolute Gasteiger partial charge is 0.0834 e. The van der Waals surface area contributed by atoms with E-state index in [4.69, 9.17) is 27.9 Å². The van der Waals surface area contributed by atoms with Crippen molar-refractivity contribution in [2.45, 2.75) is 51.4 Å². The summed E-state index contributed by atoms with van der Waals surface area (Å²) in [7, 11) is 0. The van der Waals surface area contributed by atoms with Crippen molar-refractivity contribution in [2.75, 3.05) is 5.32 Å². The lowest BCUT2D eigenvalue weighted by Crippen LogP contribution is -2.38. The van der Waals surface area contributed by atoms with E-state index in [-0.39, 0.29) is 17.2 Å². The van der Waals surface area contributed by atoms with E-state index in [0.717, 1.165) is 12.1 Å². The maximum Gasteiger partial charge on any atom is 0.0834 e. The molecular formula is C14H19Cl2NO. The molecule has 4 heteroatoms. The lowest BCUT2D eigenvalue weighted by Gasteiger charge is -2.28.